The van der Waals surface area contributed by atoms with Gasteiger partial charge in [-0.3, -0.25) is 0 Å². The highest BCUT2D eigenvalue weighted by Gasteiger charge is 2.19. The fourth-order valence-electron chi connectivity index (χ4n) is 8.24. The third-order valence-corrected chi connectivity index (χ3v) is 11.0. The van der Waals surface area contributed by atoms with Crippen molar-refractivity contribution >= 4 is 43.5 Å². The first-order valence-corrected chi connectivity index (χ1v) is 19.3. The Kier molecular flexibility index (Phi) is 7.78. The zero-order valence-corrected chi connectivity index (χ0v) is 30.9. The highest BCUT2D eigenvalue weighted by atomic mass is 15.0. The van der Waals surface area contributed by atoms with Crippen LogP contribution in [0.25, 0.3) is 105 Å². The Morgan fingerprint density at radius 2 is 0.860 bits per heavy atom. The van der Waals surface area contributed by atoms with Crippen molar-refractivity contribution in [2.24, 2.45) is 0 Å². The van der Waals surface area contributed by atoms with E-state index in [4.69, 9.17) is 15.0 Å². The molecule has 0 aliphatic rings. The van der Waals surface area contributed by atoms with Gasteiger partial charge in [0.25, 0.3) is 0 Å². The molecule has 0 aliphatic carbocycles. The largest absolute Gasteiger partial charge is 0.309 e. The van der Waals surface area contributed by atoms with Crippen molar-refractivity contribution < 1.29 is 0 Å². The van der Waals surface area contributed by atoms with E-state index < -0.39 is 0 Å². The molecule has 3 aromatic heterocycles. The Hall–Kier alpha value is -7.69. The summed E-state index contributed by atoms with van der Waals surface area (Å²) in [6.07, 6.45) is 0. The second-order valence-electron chi connectivity index (χ2n) is 14.4. The quantitative estimate of drug-likeness (QED) is 0.160. The summed E-state index contributed by atoms with van der Waals surface area (Å²) in [6, 6.07) is 72.6. The molecule has 0 atom stereocenters. The van der Waals surface area contributed by atoms with E-state index in [9.17, 15) is 0 Å². The Balaban J connectivity index is 1.13. The first kappa shape index (κ1) is 32.7. The summed E-state index contributed by atoms with van der Waals surface area (Å²) in [5.41, 5.74) is 13.6. The maximum absolute atomic E-state index is 5.26. The molecule has 8 aromatic carbocycles. The van der Waals surface area contributed by atoms with Crippen molar-refractivity contribution in [3.8, 4) is 62.0 Å². The molecule has 266 valence electrons. The van der Waals surface area contributed by atoms with Crippen molar-refractivity contribution in [2.45, 2.75) is 0 Å². The number of rotatable bonds is 6. The zero-order chi connectivity index (χ0) is 37.7. The lowest BCUT2D eigenvalue weighted by Gasteiger charge is -2.12. The van der Waals surface area contributed by atoms with Gasteiger partial charge in [0.05, 0.1) is 33.6 Å². The highest BCUT2D eigenvalue weighted by molar-refractivity contribution is 6.20. The van der Waals surface area contributed by atoms with E-state index in [0.717, 1.165) is 83.5 Å². The van der Waals surface area contributed by atoms with E-state index in [1.54, 1.807) is 0 Å². The summed E-state index contributed by atoms with van der Waals surface area (Å²) in [6.45, 7) is 0. The van der Waals surface area contributed by atoms with Gasteiger partial charge in [-0.2, -0.15) is 0 Å². The molecule has 0 bridgehead atoms. The Morgan fingerprint density at radius 3 is 1.56 bits per heavy atom. The van der Waals surface area contributed by atoms with Gasteiger partial charge < -0.3 is 4.57 Å². The fraction of sp³-hybridized carbons (Fsp3) is 0. The first-order chi connectivity index (χ1) is 28.2. The average Bonchev–Trinajstić information content (AvgIpc) is 3.61. The number of aromatic nitrogens is 4. The zero-order valence-electron chi connectivity index (χ0n) is 30.9. The molecule has 0 amide bonds. The number of fused-ring (bicyclic) bond motifs is 6. The van der Waals surface area contributed by atoms with E-state index >= 15 is 0 Å². The van der Waals surface area contributed by atoms with Crippen LogP contribution in [0.4, 0.5) is 0 Å². The SMILES string of the molecule is c1ccc(-c2cc(-c3ccccc3)nc(-c3cccc(-c4ccc5c(c4)c4cc6c(-c7ccccc7)nc7ccccc7c6cc4n5-c4ccccc4)c3)n2)cc1. The predicted octanol–water partition coefficient (Wildman–Crippen LogP) is 13.6. The van der Waals surface area contributed by atoms with Crippen molar-refractivity contribution in [3.05, 3.63) is 206 Å². The maximum atomic E-state index is 5.26. The monoisotopic (exact) mass is 726 g/mol. The summed E-state index contributed by atoms with van der Waals surface area (Å²) in [4.78, 5) is 15.5. The number of hydrogen-bond acceptors (Lipinski definition) is 3. The fourth-order valence-corrected chi connectivity index (χ4v) is 8.24. The summed E-state index contributed by atoms with van der Waals surface area (Å²) in [5, 5.41) is 5.83. The molecule has 0 radical (unpaired) electrons. The van der Waals surface area contributed by atoms with E-state index in [1.807, 2.05) is 12.1 Å². The molecule has 4 heteroatoms. The van der Waals surface area contributed by atoms with E-state index in [-0.39, 0.29) is 0 Å². The molecule has 0 fully saturated rings. The molecule has 0 unspecified atom stereocenters. The molecule has 0 saturated heterocycles. The lowest BCUT2D eigenvalue weighted by atomic mass is 9.97. The Labute approximate surface area is 330 Å². The molecule has 11 rings (SSSR count). The molecule has 57 heavy (non-hydrogen) atoms. The smallest absolute Gasteiger partial charge is 0.160 e. The van der Waals surface area contributed by atoms with Gasteiger partial charge >= 0.3 is 0 Å². The summed E-state index contributed by atoms with van der Waals surface area (Å²) in [5.74, 6) is 0.693. The third kappa shape index (κ3) is 5.74. The van der Waals surface area contributed by atoms with Gasteiger partial charge in [-0.1, -0.05) is 152 Å². The first-order valence-electron chi connectivity index (χ1n) is 19.3. The molecule has 4 nitrogen and oxygen atoms in total. The number of benzene rings is 8. The minimum Gasteiger partial charge on any atom is -0.309 e. The van der Waals surface area contributed by atoms with Crippen LogP contribution in [0.1, 0.15) is 0 Å². The maximum Gasteiger partial charge on any atom is 0.160 e. The molecular weight excluding hydrogens is 693 g/mol. The van der Waals surface area contributed by atoms with Crippen LogP contribution < -0.4 is 0 Å². The molecular formula is C53H34N4. The van der Waals surface area contributed by atoms with Gasteiger partial charge in [0, 0.05) is 49.5 Å². The summed E-state index contributed by atoms with van der Waals surface area (Å²) in [7, 11) is 0. The minimum absolute atomic E-state index is 0.693. The molecule has 0 aliphatic heterocycles. The lowest BCUT2D eigenvalue weighted by Crippen LogP contribution is -1.96. The molecule has 0 spiro atoms. The van der Waals surface area contributed by atoms with Crippen molar-refractivity contribution in [1.82, 2.24) is 19.5 Å². The van der Waals surface area contributed by atoms with E-state index in [1.165, 1.54) is 16.2 Å². The van der Waals surface area contributed by atoms with Gasteiger partial charge in [0.1, 0.15) is 0 Å². The Morgan fingerprint density at radius 1 is 0.298 bits per heavy atom. The van der Waals surface area contributed by atoms with E-state index in [2.05, 4.69) is 199 Å². The van der Waals surface area contributed by atoms with Crippen LogP contribution in [0.5, 0.6) is 0 Å². The second kappa shape index (κ2) is 13.6. The van der Waals surface area contributed by atoms with Crippen LogP contribution in [0.3, 0.4) is 0 Å². The third-order valence-electron chi connectivity index (χ3n) is 11.0. The number of para-hydroxylation sites is 2. The molecule has 0 N–H and O–H groups in total. The van der Waals surface area contributed by atoms with Gasteiger partial charge in [0.2, 0.25) is 0 Å². The predicted molar refractivity (Wildman–Crippen MR) is 236 cm³/mol. The van der Waals surface area contributed by atoms with Gasteiger partial charge in [-0.05, 0) is 71.1 Å². The topological polar surface area (TPSA) is 43.6 Å². The normalized spacial score (nSPS) is 11.5. The molecule has 3 heterocycles. The molecule has 0 saturated carbocycles. The van der Waals surface area contributed by atoms with Crippen LogP contribution in [-0.2, 0) is 0 Å². The number of hydrogen-bond donors (Lipinski definition) is 0. The highest BCUT2D eigenvalue weighted by Crippen LogP contribution is 2.41. The lowest BCUT2D eigenvalue weighted by molar-refractivity contribution is 1.18. The number of pyridine rings is 1. The van der Waals surface area contributed by atoms with Crippen LogP contribution in [0, 0.1) is 0 Å². The second-order valence-corrected chi connectivity index (χ2v) is 14.4. The van der Waals surface area contributed by atoms with E-state index in [0.29, 0.717) is 5.82 Å². The van der Waals surface area contributed by atoms with Gasteiger partial charge in [-0.15, -0.1) is 0 Å². The standard InChI is InChI=1S/C53H34N4/c1-5-16-35(17-6-1)48-34-49(36-18-7-2-8-19-36)56-53(55-48)40-23-15-22-38(30-40)39-28-29-50-44(31-39)45-32-46-43(33-51(45)57(50)41-24-11-4-12-25-41)42-26-13-14-27-47(42)54-52(46)37-20-9-3-10-21-37/h1-34H. The summed E-state index contributed by atoms with van der Waals surface area (Å²) < 4.78 is 2.40. The van der Waals surface area contributed by atoms with Crippen molar-refractivity contribution in [3.63, 3.8) is 0 Å². The average molecular weight is 727 g/mol. The van der Waals surface area contributed by atoms with Crippen LogP contribution in [0.2, 0.25) is 0 Å². The Bertz CT molecular complexity index is 3210. The van der Waals surface area contributed by atoms with Crippen LogP contribution in [-0.4, -0.2) is 19.5 Å². The van der Waals surface area contributed by atoms with Gasteiger partial charge in [-0.25, -0.2) is 15.0 Å². The summed E-state index contributed by atoms with van der Waals surface area (Å²) >= 11 is 0. The van der Waals surface area contributed by atoms with Crippen LogP contribution in [0.15, 0.2) is 206 Å². The van der Waals surface area contributed by atoms with Crippen molar-refractivity contribution in [2.75, 3.05) is 0 Å². The van der Waals surface area contributed by atoms with Crippen LogP contribution >= 0.6 is 0 Å². The molecule has 11 aromatic rings. The van der Waals surface area contributed by atoms with Gasteiger partial charge in [0.15, 0.2) is 5.82 Å². The number of nitrogens with zero attached hydrogens (tertiary/aromatic N) is 4. The minimum atomic E-state index is 0.693. The van der Waals surface area contributed by atoms with Crippen molar-refractivity contribution in [1.29, 1.82) is 0 Å².